The van der Waals surface area contributed by atoms with Crippen LogP contribution in [-0.2, 0) is 13.1 Å². The standard InChI is InChI=1S/C15H26N2O/c1-4-16-10-14-8-9-15(18-14)11-17-12(2)6-5-7-13(17)3/h8-9,12-13,16H,4-7,10-11H2,1-3H3/t12-,13+. The zero-order valence-corrected chi connectivity index (χ0v) is 11.9. The van der Waals surface area contributed by atoms with Crippen LogP contribution in [0, 0.1) is 0 Å². The third-order valence-corrected chi connectivity index (χ3v) is 3.98. The van der Waals surface area contributed by atoms with Crippen molar-refractivity contribution in [3.63, 3.8) is 0 Å². The van der Waals surface area contributed by atoms with E-state index in [1.54, 1.807) is 0 Å². The molecule has 0 spiro atoms. The van der Waals surface area contributed by atoms with Crippen molar-refractivity contribution >= 4 is 0 Å². The number of rotatable bonds is 5. The van der Waals surface area contributed by atoms with Crippen LogP contribution in [-0.4, -0.2) is 23.5 Å². The molecule has 0 amide bonds. The molecule has 1 saturated heterocycles. The van der Waals surface area contributed by atoms with Gasteiger partial charge < -0.3 is 9.73 Å². The molecule has 1 aromatic heterocycles. The van der Waals surface area contributed by atoms with E-state index in [0.717, 1.165) is 31.2 Å². The monoisotopic (exact) mass is 250 g/mol. The Balaban J connectivity index is 1.93. The van der Waals surface area contributed by atoms with E-state index >= 15 is 0 Å². The van der Waals surface area contributed by atoms with Crippen LogP contribution in [0.2, 0.25) is 0 Å². The first-order valence-electron chi connectivity index (χ1n) is 7.24. The highest BCUT2D eigenvalue weighted by Crippen LogP contribution is 2.25. The Morgan fingerprint density at radius 3 is 2.56 bits per heavy atom. The highest BCUT2D eigenvalue weighted by atomic mass is 16.3. The van der Waals surface area contributed by atoms with Crippen LogP contribution in [0.25, 0.3) is 0 Å². The first-order chi connectivity index (χ1) is 8.70. The molecule has 1 N–H and O–H groups in total. The fourth-order valence-electron chi connectivity index (χ4n) is 2.82. The van der Waals surface area contributed by atoms with E-state index in [1.807, 2.05) is 0 Å². The summed E-state index contributed by atoms with van der Waals surface area (Å²) in [6, 6.07) is 5.57. The Kier molecular flexibility index (Phi) is 4.84. The molecule has 1 aromatic rings. The van der Waals surface area contributed by atoms with Crippen molar-refractivity contribution < 1.29 is 4.42 Å². The topological polar surface area (TPSA) is 28.4 Å². The summed E-state index contributed by atoms with van der Waals surface area (Å²) in [5.74, 6) is 2.15. The number of piperidine rings is 1. The van der Waals surface area contributed by atoms with Crippen LogP contribution in [0.4, 0.5) is 0 Å². The van der Waals surface area contributed by atoms with Crippen LogP contribution < -0.4 is 5.32 Å². The summed E-state index contributed by atoms with van der Waals surface area (Å²) in [6.07, 6.45) is 3.99. The van der Waals surface area contributed by atoms with Gasteiger partial charge in [-0.2, -0.15) is 0 Å². The summed E-state index contributed by atoms with van der Waals surface area (Å²) in [7, 11) is 0. The van der Waals surface area contributed by atoms with Gasteiger partial charge in [0.2, 0.25) is 0 Å². The summed E-state index contributed by atoms with van der Waals surface area (Å²) in [5, 5.41) is 3.29. The molecule has 0 radical (unpaired) electrons. The summed E-state index contributed by atoms with van der Waals surface area (Å²) in [6.45, 7) is 9.55. The van der Waals surface area contributed by atoms with Gasteiger partial charge in [-0.3, -0.25) is 4.90 Å². The molecule has 3 nitrogen and oxygen atoms in total. The second-order valence-corrected chi connectivity index (χ2v) is 5.45. The molecule has 2 heterocycles. The smallest absolute Gasteiger partial charge is 0.118 e. The van der Waals surface area contributed by atoms with Gasteiger partial charge in [0.15, 0.2) is 0 Å². The molecule has 2 atom stereocenters. The zero-order valence-electron chi connectivity index (χ0n) is 11.9. The van der Waals surface area contributed by atoms with Crippen molar-refractivity contribution in [1.82, 2.24) is 10.2 Å². The number of nitrogens with zero attached hydrogens (tertiary/aromatic N) is 1. The van der Waals surface area contributed by atoms with Gasteiger partial charge in [0.25, 0.3) is 0 Å². The Labute approximate surface area is 111 Å². The Bertz CT molecular complexity index is 351. The van der Waals surface area contributed by atoms with Crippen molar-refractivity contribution in [2.45, 2.75) is 65.2 Å². The van der Waals surface area contributed by atoms with Crippen LogP contribution in [0.5, 0.6) is 0 Å². The van der Waals surface area contributed by atoms with Crippen LogP contribution in [0.15, 0.2) is 16.5 Å². The summed E-state index contributed by atoms with van der Waals surface area (Å²) in [4.78, 5) is 2.57. The van der Waals surface area contributed by atoms with E-state index in [-0.39, 0.29) is 0 Å². The van der Waals surface area contributed by atoms with Crippen molar-refractivity contribution in [2.75, 3.05) is 6.54 Å². The lowest BCUT2D eigenvalue weighted by Gasteiger charge is -2.38. The summed E-state index contributed by atoms with van der Waals surface area (Å²) in [5.41, 5.74) is 0. The average Bonchev–Trinajstić information content (AvgIpc) is 2.79. The Morgan fingerprint density at radius 1 is 1.22 bits per heavy atom. The average molecular weight is 250 g/mol. The van der Waals surface area contributed by atoms with E-state index < -0.39 is 0 Å². The lowest BCUT2D eigenvalue weighted by atomic mass is 9.97. The van der Waals surface area contributed by atoms with E-state index in [0.29, 0.717) is 12.1 Å². The van der Waals surface area contributed by atoms with Gasteiger partial charge in [-0.05, 0) is 45.4 Å². The van der Waals surface area contributed by atoms with Gasteiger partial charge in [-0.1, -0.05) is 13.3 Å². The van der Waals surface area contributed by atoms with E-state index in [1.165, 1.54) is 19.3 Å². The molecule has 0 aromatic carbocycles. The van der Waals surface area contributed by atoms with E-state index in [9.17, 15) is 0 Å². The number of nitrogens with one attached hydrogen (secondary N) is 1. The molecule has 18 heavy (non-hydrogen) atoms. The van der Waals surface area contributed by atoms with Gasteiger partial charge in [-0.25, -0.2) is 0 Å². The van der Waals surface area contributed by atoms with Crippen LogP contribution >= 0.6 is 0 Å². The lowest BCUT2D eigenvalue weighted by molar-refractivity contribution is 0.0866. The maximum atomic E-state index is 5.88. The minimum atomic E-state index is 0.677. The lowest BCUT2D eigenvalue weighted by Crippen LogP contribution is -2.42. The molecule has 2 rings (SSSR count). The second-order valence-electron chi connectivity index (χ2n) is 5.45. The van der Waals surface area contributed by atoms with Crippen molar-refractivity contribution in [3.8, 4) is 0 Å². The minimum absolute atomic E-state index is 0.677. The molecular formula is C15H26N2O. The van der Waals surface area contributed by atoms with Gasteiger partial charge in [0, 0.05) is 12.1 Å². The van der Waals surface area contributed by atoms with Crippen LogP contribution in [0.1, 0.15) is 51.6 Å². The van der Waals surface area contributed by atoms with E-state index in [4.69, 9.17) is 4.42 Å². The van der Waals surface area contributed by atoms with Gasteiger partial charge in [-0.15, -0.1) is 0 Å². The van der Waals surface area contributed by atoms with Gasteiger partial charge in [0.05, 0.1) is 13.1 Å². The quantitative estimate of drug-likeness (QED) is 0.870. The number of furan rings is 1. The van der Waals surface area contributed by atoms with Gasteiger partial charge >= 0.3 is 0 Å². The first kappa shape index (κ1) is 13.6. The maximum Gasteiger partial charge on any atom is 0.118 e. The SMILES string of the molecule is CCNCc1ccc(CN2[C@H](C)CCC[C@@H]2C)o1. The maximum absolute atomic E-state index is 5.88. The number of hydrogen-bond acceptors (Lipinski definition) is 3. The minimum Gasteiger partial charge on any atom is -0.463 e. The van der Waals surface area contributed by atoms with Crippen molar-refractivity contribution in [3.05, 3.63) is 23.7 Å². The number of likely N-dealkylation sites (tertiary alicyclic amines) is 1. The Hall–Kier alpha value is -0.800. The normalized spacial score (nSPS) is 25.5. The fraction of sp³-hybridized carbons (Fsp3) is 0.733. The molecule has 3 heteroatoms. The second kappa shape index (κ2) is 6.39. The van der Waals surface area contributed by atoms with Crippen molar-refractivity contribution in [1.29, 1.82) is 0 Å². The number of hydrogen-bond donors (Lipinski definition) is 1. The van der Waals surface area contributed by atoms with E-state index in [2.05, 4.69) is 43.1 Å². The predicted octanol–water partition coefficient (Wildman–Crippen LogP) is 3.15. The molecular weight excluding hydrogens is 224 g/mol. The largest absolute Gasteiger partial charge is 0.463 e. The molecule has 0 bridgehead atoms. The summed E-state index contributed by atoms with van der Waals surface area (Å²) >= 11 is 0. The Morgan fingerprint density at radius 2 is 1.89 bits per heavy atom. The molecule has 1 aliphatic heterocycles. The fourth-order valence-corrected chi connectivity index (χ4v) is 2.82. The predicted molar refractivity (Wildman–Crippen MR) is 74.4 cm³/mol. The molecule has 1 aliphatic rings. The third-order valence-electron chi connectivity index (χ3n) is 3.98. The molecule has 102 valence electrons. The van der Waals surface area contributed by atoms with Gasteiger partial charge in [0.1, 0.15) is 11.5 Å². The molecule has 0 aliphatic carbocycles. The third kappa shape index (κ3) is 3.36. The molecule has 1 fully saturated rings. The highest BCUT2D eigenvalue weighted by molar-refractivity contribution is 5.07. The zero-order chi connectivity index (χ0) is 13.0. The molecule has 0 unspecified atom stereocenters. The van der Waals surface area contributed by atoms with Crippen LogP contribution in [0.3, 0.4) is 0 Å². The first-order valence-corrected chi connectivity index (χ1v) is 7.24. The summed E-state index contributed by atoms with van der Waals surface area (Å²) < 4.78 is 5.88. The highest BCUT2D eigenvalue weighted by Gasteiger charge is 2.25. The van der Waals surface area contributed by atoms with Crippen molar-refractivity contribution in [2.24, 2.45) is 0 Å². The molecule has 0 saturated carbocycles.